The minimum Gasteiger partial charge on any atom is -0.480 e. The summed E-state index contributed by atoms with van der Waals surface area (Å²) in [5, 5.41) is 19.4. The predicted octanol–water partition coefficient (Wildman–Crippen LogP) is 0.963. The van der Waals surface area contributed by atoms with Crippen molar-refractivity contribution in [3.05, 3.63) is 33.4 Å². The van der Waals surface area contributed by atoms with Gasteiger partial charge in [-0.05, 0) is 31.9 Å². The first-order chi connectivity index (χ1) is 9.06. The summed E-state index contributed by atoms with van der Waals surface area (Å²) in [5.41, 5.74) is 0.147. The Balaban J connectivity index is 3.33. The van der Waals surface area contributed by atoms with Crippen LogP contribution in [0.25, 0.3) is 0 Å². The standard InChI is InChI=1S/C11H14N2O6S/c1-6-4-9(13(16)17)5-7(2)10(6)20(18,19)12-8(3)11(14)15/h4-5,8,12H,1-3H3,(H,14,15)/t8-/m0/s1. The molecule has 0 unspecified atom stereocenters. The van der Waals surface area contributed by atoms with Crippen LogP contribution >= 0.6 is 0 Å². The van der Waals surface area contributed by atoms with E-state index in [1.54, 1.807) is 0 Å². The lowest BCUT2D eigenvalue weighted by molar-refractivity contribution is -0.385. The number of nitro groups is 1. The largest absolute Gasteiger partial charge is 0.480 e. The van der Waals surface area contributed by atoms with Crippen LogP contribution in [0.1, 0.15) is 18.1 Å². The maximum absolute atomic E-state index is 12.1. The van der Waals surface area contributed by atoms with Crippen LogP contribution in [-0.4, -0.2) is 30.5 Å². The highest BCUT2D eigenvalue weighted by atomic mass is 32.2. The number of hydrogen-bond acceptors (Lipinski definition) is 5. The van der Waals surface area contributed by atoms with Crippen LogP contribution in [-0.2, 0) is 14.8 Å². The maximum Gasteiger partial charge on any atom is 0.321 e. The third kappa shape index (κ3) is 3.31. The van der Waals surface area contributed by atoms with Crippen molar-refractivity contribution in [2.24, 2.45) is 0 Å². The molecule has 8 nitrogen and oxygen atoms in total. The quantitative estimate of drug-likeness (QED) is 0.616. The molecule has 0 saturated carbocycles. The summed E-state index contributed by atoms with van der Waals surface area (Å²) in [5.74, 6) is -1.31. The number of carboxylic acids is 1. The van der Waals surface area contributed by atoms with E-state index in [1.165, 1.54) is 20.8 Å². The van der Waals surface area contributed by atoms with Crippen LogP contribution in [0.5, 0.6) is 0 Å². The van der Waals surface area contributed by atoms with E-state index in [9.17, 15) is 23.3 Å². The summed E-state index contributed by atoms with van der Waals surface area (Å²) < 4.78 is 26.3. The van der Waals surface area contributed by atoms with E-state index in [0.717, 1.165) is 12.1 Å². The van der Waals surface area contributed by atoms with Crippen molar-refractivity contribution < 1.29 is 23.2 Å². The molecular weight excluding hydrogens is 288 g/mol. The average molecular weight is 302 g/mol. The molecule has 1 aromatic rings. The normalized spacial score (nSPS) is 12.9. The van der Waals surface area contributed by atoms with Gasteiger partial charge in [-0.25, -0.2) is 8.42 Å². The van der Waals surface area contributed by atoms with Crippen LogP contribution in [0, 0.1) is 24.0 Å². The van der Waals surface area contributed by atoms with E-state index in [-0.39, 0.29) is 21.7 Å². The molecule has 0 heterocycles. The topological polar surface area (TPSA) is 127 Å². The van der Waals surface area contributed by atoms with Gasteiger partial charge in [0.25, 0.3) is 5.69 Å². The third-order valence-electron chi connectivity index (χ3n) is 2.63. The molecule has 2 N–H and O–H groups in total. The van der Waals surface area contributed by atoms with Gasteiger partial charge in [0, 0.05) is 12.1 Å². The second kappa shape index (κ2) is 5.55. The number of aliphatic carboxylic acids is 1. The van der Waals surface area contributed by atoms with Crippen molar-refractivity contribution in [3.8, 4) is 0 Å². The lowest BCUT2D eigenvalue weighted by Crippen LogP contribution is -2.38. The van der Waals surface area contributed by atoms with Crippen LogP contribution in [0.4, 0.5) is 5.69 Å². The number of nitrogens with zero attached hydrogens (tertiary/aromatic N) is 1. The number of nitro benzene ring substituents is 1. The Labute approximate surface area is 115 Å². The molecule has 0 aromatic heterocycles. The molecule has 0 amide bonds. The summed E-state index contributed by atoms with van der Waals surface area (Å²) in [6.45, 7) is 4.02. The molecule has 0 aliphatic rings. The molecule has 1 rings (SSSR count). The van der Waals surface area contributed by atoms with Gasteiger partial charge in [0.05, 0.1) is 9.82 Å². The predicted molar refractivity (Wildman–Crippen MR) is 70.0 cm³/mol. The van der Waals surface area contributed by atoms with Crippen LogP contribution < -0.4 is 4.72 Å². The Morgan fingerprint density at radius 3 is 2.15 bits per heavy atom. The number of aryl methyl sites for hydroxylation is 2. The second-order valence-corrected chi connectivity index (χ2v) is 6.00. The Morgan fingerprint density at radius 2 is 1.80 bits per heavy atom. The summed E-state index contributed by atoms with van der Waals surface area (Å²) >= 11 is 0. The Kier molecular flexibility index (Phi) is 4.46. The van der Waals surface area contributed by atoms with Crippen LogP contribution in [0.15, 0.2) is 17.0 Å². The molecule has 0 aliphatic carbocycles. The zero-order chi connectivity index (χ0) is 15.7. The fourth-order valence-electron chi connectivity index (χ4n) is 1.80. The van der Waals surface area contributed by atoms with Crippen molar-refractivity contribution in [3.63, 3.8) is 0 Å². The number of carbonyl (C=O) groups is 1. The lowest BCUT2D eigenvalue weighted by atomic mass is 10.1. The summed E-state index contributed by atoms with van der Waals surface area (Å²) in [4.78, 5) is 20.6. The second-order valence-electron chi connectivity index (χ2n) is 4.35. The fourth-order valence-corrected chi connectivity index (χ4v) is 3.45. The van der Waals surface area contributed by atoms with Crippen LogP contribution in [0.3, 0.4) is 0 Å². The molecule has 0 aliphatic heterocycles. The number of sulfonamides is 1. The first kappa shape index (κ1) is 16.1. The number of non-ortho nitro benzene ring substituents is 1. The molecule has 1 atom stereocenters. The SMILES string of the molecule is Cc1cc([N+](=O)[O-])cc(C)c1S(=O)(=O)N[C@@H](C)C(=O)O. The first-order valence-electron chi connectivity index (χ1n) is 5.57. The van der Waals surface area contributed by atoms with Crippen molar-refractivity contribution in [2.45, 2.75) is 31.7 Å². The molecule has 1 aromatic carbocycles. The fraction of sp³-hybridized carbons (Fsp3) is 0.364. The molecule has 110 valence electrons. The zero-order valence-corrected chi connectivity index (χ0v) is 11.9. The van der Waals surface area contributed by atoms with Crippen molar-refractivity contribution in [1.82, 2.24) is 4.72 Å². The van der Waals surface area contributed by atoms with Gasteiger partial charge >= 0.3 is 5.97 Å². The molecule has 9 heteroatoms. The highest BCUT2D eigenvalue weighted by Gasteiger charge is 2.26. The van der Waals surface area contributed by atoms with Crippen molar-refractivity contribution in [2.75, 3.05) is 0 Å². The van der Waals surface area contributed by atoms with Gasteiger partial charge in [-0.15, -0.1) is 0 Å². The van der Waals surface area contributed by atoms with Gasteiger partial charge in [0.15, 0.2) is 0 Å². The highest BCUT2D eigenvalue weighted by molar-refractivity contribution is 7.89. The number of nitrogens with one attached hydrogen (secondary N) is 1. The molecule has 0 fully saturated rings. The molecule has 0 saturated heterocycles. The minimum absolute atomic E-state index is 0.142. The van der Waals surface area contributed by atoms with E-state index < -0.39 is 27.0 Å². The lowest BCUT2D eigenvalue weighted by Gasteiger charge is -2.14. The smallest absolute Gasteiger partial charge is 0.321 e. The van der Waals surface area contributed by atoms with Gasteiger partial charge in [0.2, 0.25) is 10.0 Å². The van der Waals surface area contributed by atoms with Gasteiger partial charge in [-0.2, -0.15) is 4.72 Å². The Bertz CT molecular complexity index is 644. The van der Waals surface area contributed by atoms with Gasteiger partial charge < -0.3 is 5.11 Å². The molecule has 0 bridgehead atoms. The van der Waals surface area contributed by atoms with Gasteiger partial charge in [-0.1, -0.05) is 0 Å². The Morgan fingerprint density at radius 1 is 1.35 bits per heavy atom. The van der Waals surface area contributed by atoms with Gasteiger partial charge in [0.1, 0.15) is 6.04 Å². The van der Waals surface area contributed by atoms with Gasteiger partial charge in [-0.3, -0.25) is 14.9 Å². The van der Waals surface area contributed by atoms with Crippen molar-refractivity contribution in [1.29, 1.82) is 0 Å². The molecule has 0 radical (unpaired) electrons. The maximum atomic E-state index is 12.1. The summed E-state index contributed by atoms with van der Waals surface area (Å²) in [7, 11) is -4.06. The van der Waals surface area contributed by atoms with Crippen LogP contribution in [0.2, 0.25) is 0 Å². The molecular formula is C11H14N2O6S. The van der Waals surface area contributed by atoms with E-state index in [4.69, 9.17) is 5.11 Å². The number of rotatable bonds is 5. The van der Waals surface area contributed by atoms with E-state index >= 15 is 0 Å². The van der Waals surface area contributed by atoms with E-state index in [0.29, 0.717) is 0 Å². The number of hydrogen-bond donors (Lipinski definition) is 2. The molecule has 0 spiro atoms. The summed E-state index contributed by atoms with van der Waals surface area (Å²) in [6, 6.07) is 0.967. The monoisotopic (exact) mass is 302 g/mol. The first-order valence-corrected chi connectivity index (χ1v) is 7.05. The minimum atomic E-state index is -4.06. The highest BCUT2D eigenvalue weighted by Crippen LogP contribution is 2.25. The molecule has 20 heavy (non-hydrogen) atoms. The third-order valence-corrected chi connectivity index (χ3v) is 4.47. The zero-order valence-electron chi connectivity index (χ0n) is 11.1. The summed E-state index contributed by atoms with van der Waals surface area (Å²) in [6.07, 6.45) is 0. The van der Waals surface area contributed by atoms with Crippen molar-refractivity contribution >= 4 is 21.7 Å². The number of benzene rings is 1. The number of carboxylic acid groups (broad SMARTS) is 1. The van der Waals surface area contributed by atoms with E-state index in [2.05, 4.69) is 0 Å². The van der Waals surface area contributed by atoms with E-state index in [1.807, 2.05) is 4.72 Å². The Hall–Kier alpha value is -2.00. The average Bonchev–Trinajstić information content (AvgIpc) is 2.26.